The first-order chi connectivity index (χ1) is 11.7. The Bertz CT molecular complexity index is 795. The highest BCUT2D eigenvalue weighted by Crippen LogP contribution is 2.21. The summed E-state index contributed by atoms with van der Waals surface area (Å²) in [7, 11) is 3.79. The zero-order chi connectivity index (χ0) is 16.8. The number of hydrogen-bond acceptors (Lipinski definition) is 4. The summed E-state index contributed by atoms with van der Waals surface area (Å²) in [6.45, 7) is 0.511. The zero-order valence-electron chi connectivity index (χ0n) is 13.8. The fourth-order valence-corrected chi connectivity index (χ4v) is 2.33. The van der Waals surface area contributed by atoms with Crippen LogP contribution in [0.2, 0.25) is 0 Å². The Labute approximate surface area is 141 Å². The second-order valence-electron chi connectivity index (χ2n) is 5.51. The number of aromatic nitrogens is 2. The van der Waals surface area contributed by atoms with Gasteiger partial charge in [-0.15, -0.1) is 0 Å². The summed E-state index contributed by atoms with van der Waals surface area (Å²) >= 11 is 0. The fraction of sp³-hybridized carbons (Fsp3) is 0.158. The molecule has 0 aliphatic heterocycles. The predicted molar refractivity (Wildman–Crippen MR) is 95.1 cm³/mol. The lowest BCUT2D eigenvalue weighted by Gasteiger charge is -2.16. The molecule has 24 heavy (non-hydrogen) atoms. The Morgan fingerprint density at radius 3 is 2.54 bits per heavy atom. The van der Waals surface area contributed by atoms with Gasteiger partial charge in [-0.2, -0.15) is 5.10 Å². The van der Waals surface area contributed by atoms with Crippen LogP contribution in [-0.4, -0.2) is 34.5 Å². The lowest BCUT2D eigenvalue weighted by Crippen LogP contribution is -2.18. The van der Waals surface area contributed by atoms with Crippen molar-refractivity contribution in [1.29, 1.82) is 0 Å². The molecule has 0 saturated carbocycles. The van der Waals surface area contributed by atoms with Crippen molar-refractivity contribution in [2.75, 3.05) is 14.1 Å². The van der Waals surface area contributed by atoms with Crippen molar-refractivity contribution in [1.82, 2.24) is 14.6 Å². The lowest BCUT2D eigenvalue weighted by atomic mass is 10.1. The average molecular weight is 320 g/mol. The standard InChI is InChI=1S/C19H20N4O/c1-22(2)21-19(23-13-12-20-15-23)17-10-6-7-11-18(17)24-14-16-8-4-3-5-9-16/h3-13,15H,14H2,1-2H3/b21-19+. The summed E-state index contributed by atoms with van der Waals surface area (Å²) in [4.78, 5) is 4.12. The highest BCUT2D eigenvalue weighted by atomic mass is 16.5. The molecule has 0 spiro atoms. The molecule has 0 atom stereocenters. The van der Waals surface area contributed by atoms with Gasteiger partial charge in [0.25, 0.3) is 0 Å². The van der Waals surface area contributed by atoms with Crippen LogP contribution < -0.4 is 4.74 Å². The van der Waals surface area contributed by atoms with E-state index in [0.29, 0.717) is 6.61 Å². The van der Waals surface area contributed by atoms with E-state index < -0.39 is 0 Å². The number of imidazole rings is 1. The number of hydrazone groups is 1. The van der Waals surface area contributed by atoms with Gasteiger partial charge in [0.15, 0.2) is 5.84 Å². The molecule has 5 nitrogen and oxygen atoms in total. The van der Waals surface area contributed by atoms with E-state index in [1.54, 1.807) is 17.5 Å². The van der Waals surface area contributed by atoms with Crippen molar-refractivity contribution in [3.05, 3.63) is 84.4 Å². The molecule has 0 fully saturated rings. The van der Waals surface area contributed by atoms with E-state index in [1.807, 2.05) is 79.5 Å². The molecule has 0 N–H and O–H groups in total. The summed E-state index contributed by atoms with van der Waals surface area (Å²) in [5.74, 6) is 1.55. The van der Waals surface area contributed by atoms with Gasteiger partial charge in [-0.3, -0.25) is 4.57 Å². The quantitative estimate of drug-likeness (QED) is 0.412. The van der Waals surface area contributed by atoms with Crippen molar-refractivity contribution in [3.8, 4) is 5.75 Å². The summed E-state index contributed by atoms with van der Waals surface area (Å²) in [5.41, 5.74) is 2.04. The molecule has 0 saturated heterocycles. The molecule has 1 heterocycles. The number of hydrogen-bond donors (Lipinski definition) is 0. The highest BCUT2D eigenvalue weighted by Gasteiger charge is 2.13. The van der Waals surface area contributed by atoms with Crippen LogP contribution in [0.1, 0.15) is 11.1 Å². The Morgan fingerprint density at radius 2 is 1.83 bits per heavy atom. The van der Waals surface area contributed by atoms with Crippen LogP contribution in [0.3, 0.4) is 0 Å². The minimum Gasteiger partial charge on any atom is -0.488 e. The first-order valence-electron chi connectivity index (χ1n) is 7.74. The van der Waals surface area contributed by atoms with Crippen LogP contribution in [0, 0.1) is 0 Å². The largest absolute Gasteiger partial charge is 0.488 e. The summed E-state index contributed by atoms with van der Waals surface area (Å²) < 4.78 is 7.93. The van der Waals surface area contributed by atoms with E-state index in [1.165, 1.54) is 0 Å². The number of nitrogens with zero attached hydrogens (tertiary/aromatic N) is 4. The molecule has 0 aliphatic carbocycles. The maximum atomic E-state index is 6.05. The van der Waals surface area contributed by atoms with Gasteiger partial charge in [-0.05, 0) is 17.7 Å². The van der Waals surface area contributed by atoms with Gasteiger partial charge < -0.3 is 9.75 Å². The van der Waals surface area contributed by atoms with Crippen LogP contribution in [0.25, 0.3) is 0 Å². The van der Waals surface area contributed by atoms with Crippen molar-refractivity contribution >= 4 is 5.84 Å². The topological polar surface area (TPSA) is 42.6 Å². The van der Waals surface area contributed by atoms with Crippen LogP contribution in [0.4, 0.5) is 0 Å². The number of ether oxygens (including phenoxy) is 1. The van der Waals surface area contributed by atoms with E-state index in [9.17, 15) is 0 Å². The summed E-state index contributed by atoms with van der Waals surface area (Å²) in [5, 5.41) is 6.37. The van der Waals surface area contributed by atoms with Gasteiger partial charge in [0, 0.05) is 26.5 Å². The maximum absolute atomic E-state index is 6.05. The maximum Gasteiger partial charge on any atom is 0.168 e. The molecule has 0 aliphatic rings. The molecular weight excluding hydrogens is 300 g/mol. The lowest BCUT2D eigenvalue weighted by molar-refractivity contribution is 0.305. The molecule has 2 aromatic carbocycles. The monoisotopic (exact) mass is 320 g/mol. The first kappa shape index (κ1) is 15.8. The Kier molecular flexibility index (Phi) is 4.91. The van der Waals surface area contributed by atoms with Crippen molar-refractivity contribution in [3.63, 3.8) is 0 Å². The van der Waals surface area contributed by atoms with Crippen molar-refractivity contribution in [2.24, 2.45) is 5.10 Å². The highest BCUT2D eigenvalue weighted by molar-refractivity contribution is 6.02. The van der Waals surface area contributed by atoms with Crippen LogP contribution in [-0.2, 0) is 6.61 Å². The molecule has 0 radical (unpaired) electrons. The Morgan fingerprint density at radius 1 is 1.08 bits per heavy atom. The number of rotatable bonds is 5. The van der Waals surface area contributed by atoms with Crippen LogP contribution in [0.15, 0.2) is 78.4 Å². The number of para-hydroxylation sites is 1. The molecule has 0 bridgehead atoms. The molecule has 1 aromatic heterocycles. The molecule has 0 unspecified atom stereocenters. The SMILES string of the molecule is CN(C)/N=C(\c1ccccc1OCc1ccccc1)n1ccnc1. The van der Waals surface area contributed by atoms with Crippen LogP contribution in [0.5, 0.6) is 5.75 Å². The zero-order valence-corrected chi connectivity index (χ0v) is 13.8. The smallest absolute Gasteiger partial charge is 0.168 e. The predicted octanol–water partition coefficient (Wildman–Crippen LogP) is 3.23. The first-order valence-corrected chi connectivity index (χ1v) is 7.74. The molecule has 122 valence electrons. The summed E-state index contributed by atoms with van der Waals surface area (Å²) in [6.07, 6.45) is 5.34. The van der Waals surface area contributed by atoms with E-state index in [0.717, 1.165) is 22.7 Å². The van der Waals surface area contributed by atoms with E-state index in [-0.39, 0.29) is 0 Å². The minimum atomic E-state index is 0.511. The number of benzene rings is 2. The molecule has 3 aromatic rings. The normalized spacial score (nSPS) is 11.3. The van der Waals surface area contributed by atoms with Gasteiger partial charge in [-0.1, -0.05) is 42.5 Å². The Balaban J connectivity index is 1.92. The van der Waals surface area contributed by atoms with E-state index in [2.05, 4.69) is 10.1 Å². The minimum absolute atomic E-state index is 0.511. The van der Waals surface area contributed by atoms with E-state index >= 15 is 0 Å². The third kappa shape index (κ3) is 3.81. The van der Waals surface area contributed by atoms with Gasteiger partial charge in [-0.25, -0.2) is 4.98 Å². The third-order valence-corrected chi connectivity index (χ3v) is 3.41. The second kappa shape index (κ2) is 7.46. The molecule has 0 amide bonds. The van der Waals surface area contributed by atoms with Crippen molar-refractivity contribution < 1.29 is 4.74 Å². The van der Waals surface area contributed by atoms with Gasteiger partial charge in [0.05, 0.1) is 5.56 Å². The molecule has 5 heteroatoms. The summed E-state index contributed by atoms with van der Waals surface area (Å²) in [6, 6.07) is 18.0. The van der Waals surface area contributed by atoms with Gasteiger partial charge in [0.2, 0.25) is 0 Å². The van der Waals surface area contributed by atoms with Crippen molar-refractivity contribution in [2.45, 2.75) is 6.61 Å². The van der Waals surface area contributed by atoms with Gasteiger partial charge >= 0.3 is 0 Å². The second-order valence-corrected chi connectivity index (χ2v) is 5.51. The Hall–Kier alpha value is -3.08. The molecular formula is C19H20N4O. The molecule has 3 rings (SSSR count). The van der Waals surface area contributed by atoms with Crippen LogP contribution >= 0.6 is 0 Å². The van der Waals surface area contributed by atoms with Gasteiger partial charge in [0.1, 0.15) is 18.7 Å². The fourth-order valence-electron chi connectivity index (χ4n) is 2.33. The average Bonchev–Trinajstić information content (AvgIpc) is 3.13. The third-order valence-electron chi connectivity index (χ3n) is 3.41. The van der Waals surface area contributed by atoms with E-state index in [4.69, 9.17) is 4.74 Å².